The zero-order chi connectivity index (χ0) is 20.3. The van der Waals surface area contributed by atoms with E-state index in [0.717, 1.165) is 29.0 Å². The summed E-state index contributed by atoms with van der Waals surface area (Å²) < 4.78 is 11.3. The predicted molar refractivity (Wildman–Crippen MR) is 115 cm³/mol. The van der Waals surface area contributed by atoms with Gasteiger partial charge in [0.05, 0.1) is 12.8 Å². The first-order valence-corrected chi connectivity index (χ1v) is 9.57. The lowest BCUT2D eigenvalue weighted by atomic mass is 10.2. The minimum atomic E-state index is -0.272. The topological polar surface area (TPSA) is 59.9 Å². The van der Waals surface area contributed by atoms with Crippen LogP contribution in [0, 0.1) is 0 Å². The van der Waals surface area contributed by atoms with Crippen molar-refractivity contribution in [3.63, 3.8) is 0 Å². The number of hydrazone groups is 1. The van der Waals surface area contributed by atoms with Crippen molar-refractivity contribution in [2.45, 2.75) is 20.0 Å². The van der Waals surface area contributed by atoms with E-state index in [-0.39, 0.29) is 5.91 Å². The molecule has 0 heterocycles. The lowest BCUT2D eigenvalue weighted by molar-refractivity contribution is 0.0955. The molecule has 0 unspecified atom stereocenters. The van der Waals surface area contributed by atoms with Crippen molar-refractivity contribution < 1.29 is 14.3 Å². The third-order valence-corrected chi connectivity index (χ3v) is 4.10. The van der Waals surface area contributed by atoms with E-state index in [1.165, 1.54) is 0 Å². The number of carbonyl (C=O) groups is 1. The van der Waals surface area contributed by atoms with E-state index < -0.39 is 0 Å². The average molecular weight is 388 g/mol. The Kier molecular flexibility index (Phi) is 7.41. The van der Waals surface area contributed by atoms with Gasteiger partial charge in [-0.25, -0.2) is 5.43 Å². The molecular formula is C24H24N2O3. The quantitative estimate of drug-likeness (QED) is 0.422. The summed E-state index contributed by atoms with van der Waals surface area (Å²) in [4.78, 5) is 12.1. The summed E-state index contributed by atoms with van der Waals surface area (Å²) in [7, 11) is 0. The van der Waals surface area contributed by atoms with Gasteiger partial charge in [-0.2, -0.15) is 5.10 Å². The van der Waals surface area contributed by atoms with Crippen molar-refractivity contribution in [1.82, 2.24) is 5.43 Å². The van der Waals surface area contributed by atoms with Crippen molar-refractivity contribution in [2.75, 3.05) is 6.61 Å². The summed E-state index contributed by atoms with van der Waals surface area (Å²) in [6.07, 6.45) is 2.54. The minimum Gasteiger partial charge on any atom is -0.494 e. The highest BCUT2D eigenvalue weighted by Gasteiger charge is 2.04. The number of hydrogen-bond donors (Lipinski definition) is 1. The van der Waals surface area contributed by atoms with Crippen molar-refractivity contribution in [3.05, 3.63) is 95.6 Å². The van der Waals surface area contributed by atoms with Crippen molar-refractivity contribution in [3.8, 4) is 11.5 Å². The van der Waals surface area contributed by atoms with Crippen LogP contribution in [0.3, 0.4) is 0 Å². The first-order chi connectivity index (χ1) is 14.2. The molecule has 1 amide bonds. The maximum atomic E-state index is 12.1. The standard InChI is InChI=1S/C24H24N2O3/c1-2-16-28-22-14-10-21(11-15-22)24(27)26-25-17-19-8-12-23(13-9-19)29-18-20-6-4-3-5-7-20/h3-15,17H,2,16,18H2,1H3,(H,26,27)/b25-17-. The number of carbonyl (C=O) groups excluding carboxylic acids is 1. The lowest BCUT2D eigenvalue weighted by Gasteiger charge is -2.06. The number of nitrogens with one attached hydrogen (secondary N) is 1. The Labute approximate surface area is 171 Å². The first-order valence-electron chi connectivity index (χ1n) is 9.57. The maximum absolute atomic E-state index is 12.1. The highest BCUT2D eigenvalue weighted by Crippen LogP contribution is 2.14. The van der Waals surface area contributed by atoms with Crippen LogP contribution in [-0.2, 0) is 6.61 Å². The van der Waals surface area contributed by atoms with Crippen LogP contribution >= 0.6 is 0 Å². The Bertz CT molecular complexity index is 921. The van der Waals surface area contributed by atoms with E-state index in [1.54, 1.807) is 30.5 Å². The molecule has 0 aromatic heterocycles. The molecule has 0 aliphatic carbocycles. The molecule has 5 nitrogen and oxygen atoms in total. The van der Waals surface area contributed by atoms with E-state index in [1.807, 2.05) is 61.5 Å². The number of ether oxygens (including phenoxy) is 2. The Morgan fingerprint density at radius 1 is 0.897 bits per heavy atom. The fourth-order valence-electron chi connectivity index (χ4n) is 2.54. The molecule has 3 rings (SSSR count). The van der Waals surface area contributed by atoms with Gasteiger partial charge >= 0.3 is 0 Å². The predicted octanol–water partition coefficient (Wildman–Crippen LogP) is 4.82. The molecule has 148 valence electrons. The van der Waals surface area contributed by atoms with Crippen LogP contribution in [0.2, 0.25) is 0 Å². The van der Waals surface area contributed by atoms with Crippen LogP contribution in [-0.4, -0.2) is 18.7 Å². The second-order valence-electron chi connectivity index (χ2n) is 6.42. The Morgan fingerprint density at radius 3 is 2.24 bits per heavy atom. The van der Waals surface area contributed by atoms with Gasteiger partial charge in [-0.15, -0.1) is 0 Å². The van der Waals surface area contributed by atoms with Gasteiger partial charge in [-0.3, -0.25) is 4.79 Å². The SMILES string of the molecule is CCCOc1ccc(C(=O)N/N=C\c2ccc(OCc3ccccc3)cc2)cc1. The molecule has 1 N–H and O–H groups in total. The fourth-order valence-corrected chi connectivity index (χ4v) is 2.54. The zero-order valence-corrected chi connectivity index (χ0v) is 16.4. The van der Waals surface area contributed by atoms with Crippen molar-refractivity contribution >= 4 is 12.1 Å². The van der Waals surface area contributed by atoms with Gasteiger partial charge in [-0.1, -0.05) is 37.3 Å². The number of rotatable bonds is 9. The summed E-state index contributed by atoms with van der Waals surface area (Å²) in [6.45, 7) is 3.23. The molecule has 3 aromatic rings. The summed E-state index contributed by atoms with van der Waals surface area (Å²) >= 11 is 0. The van der Waals surface area contributed by atoms with Gasteiger partial charge in [0, 0.05) is 5.56 Å². The van der Waals surface area contributed by atoms with E-state index in [4.69, 9.17) is 9.47 Å². The molecule has 0 atom stereocenters. The van der Waals surface area contributed by atoms with Crippen molar-refractivity contribution in [1.29, 1.82) is 0 Å². The molecule has 29 heavy (non-hydrogen) atoms. The summed E-state index contributed by atoms with van der Waals surface area (Å²) in [6, 6.07) is 24.5. The lowest BCUT2D eigenvalue weighted by Crippen LogP contribution is -2.17. The highest BCUT2D eigenvalue weighted by molar-refractivity contribution is 5.95. The molecule has 0 bridgehead atoms. The largest absolute Gasteiger partial charge is 0.494 e. The van der Waals surface area contributed by atoms with E-state index in [9.17, 15) is 4.79 Å². The van der Waals surface area contributed by atoms with E-state index in [0.29, 0.717) is 18.8 Å². The zero-order valence-electron chi connectivity index (χ0n) is 16.4. The smallest absolute Gasteiger partial charge is 0.271 e. The van der Waals surface area contributed by atoms with Crippen LogP contribution in [0.25, 0.3) is 0 Å². The fraction of sp³-hybridized carbons (Fsp3) is 0.167. The molecule has 0 aliphatic rings. The van der Waals surface area contributed by atoms with E-state index in [2.05, 4.69) is 10.5 Å². The van der Waals surface area contributed by atoms with Crippen LogP contribution in [0.1, 0.15) is 34.8 Å². The Morgan fingerprint density at radius 2 is 1.55 bits per heavy atom. The molecule has 5 heteroatoms. The normalized spacial score (nSPS) is 10.7. The molecule has 0 saturated carbocycles. The average Bonchev–Trinajstić information content (AvgIpc) is 2.78. The van der Waals surface area contributed by atoms with E-state index >= 15 is 0 Å². The Balaban J connectivity index is 1.47. The van der Waals surface area contributed by atoms with Gasteiger partial charge in [0.1, 0.15) is 18.1 Å². The summed E-state index contributed by atoms with van der Waals surface area (Å²) in [5, 5.41) is 4.02. The molecular weight excluding hydrogens is 364 g/mol. The number of amides is 1. The minimum absolute atomic E-state index is 0.272. The Hall–Kier alpha value is -3.60. The molecule has 0 radical (unpaired) electrons. The monoisotopic (exact) mass is 388 g/mol. The van der Waals surface area contributed by atoms with Gasteiger partial charge in [-0.05, 0) is 66.1 Å². The molecule has 0 spiro atoms. The second kappa shape index (κ2) is 10.7. The van der Waals surface area contributed by atoms with Gasteiger partial charge < -0.3 is 9.47 Å². The first kappa shape index (κ1) is 20.1. The number of hydrogen-bond acceptors (Lipinski definition) is 4. The molecule has 0 aliphatic heterocycles. The highest BCUT2D eigenvalue weighted by atomic mass is 16.5. The maximum Gasteiger partial charge on any atom is 0.271 e. The van der Waals surface area contributed by atoms with Crippen LogP contribution in [0.15, 0.2) is 84.0 Å². The molecule has 0 fully saturated rings. The van der Waals surface area contributed by atoms with Gasteiger partial charge in [0.25, 0.3) is 5.91 Å². The molecule has 0 saturated heterocycles. The number of benzene rings is 3. The van der Waals surface area contributed by atoms with Gasteiger partial charge in [0.2, 0.25) is 0 Å². The van der Waals surface area contributed by atoms with Crippen molar-refractivity contribution in [2.24, 2.45) is 5.10 Å². The second-order valence-corrected chi connectivity index (χ2v) is 6.42. The number of nitrogens with zero attached hydrogens (tertiary/aromatic N) is 1. The van der Waals surface area contributed by atoms with Crippen LogP contribution in [0.5, 0.6) is 11.5 Å². The van der Waals surface area contributed by atoms with Crippen LogP contribution in [0.4, 0.5) is 0 Å². The third-order valence-electron chi connectivity index (χ3n) is 4.10. The molecule has 3 aromatic carbocycles. The third kappa shape index (κ3) is 6.50. The summed E-state index contributed by atoms with van der Waals surface area (Å²) in [5.74, 6) is 1.26. The summed E-state index contributed by atoms with van der Waals surface area (Å²) in [5.41, 5.74) is 5.03. The van der Waals surface area contributed by atoms with Crippen LogP contribution < -0.4 is 14.9 Å². The van der Waals surface area contributed by atoms with Gasteiger partial charge in [0.15, 0.2) is 0 Å².